The lowest BCUT2D eigenvalue weighted by Gasteiger charge is -2.45. The molecule has 0 unspecified atom stereocenters. The minimum absolute atomic E-state index is 0.0301. The van der Waals surface area contributed by atoms with Crippen molar-refractivity contribution in [2.45, 2.75) is 49.9 Å². The molecule has 1 aliphatic carbocycles. The van der Waals surface area contributed by atoms with Crippen LogP contribution in [0.25, 0.3) is 0 Å². The molecular weight excluding hydrogens is 392 g/mol. The number of rotatable bonds is 4. The molecule has 1 aromatic carbocycles. The highest BCUT2D eigenvalue weighted by molar-refractivity contribution is 8.00. The zero-order chi connectivity index (χ0) is 20.8. The highest BCUT2D eigenvalue weighted by atomic mass is 32.2. The van der Waals surface area contributed by atoms with E-state index in [2.05, 4.69) is 51.2 Å². The van der Waals surface area contributed by atoms with Crippen molar-refractivity contribution in [3.05, 3.63) is 70.1 Å². The van der Waals surface area contributed by atoms with Gasteiger partial charge in [0, 0.05) is 49.4 Å². The van der Waals surface area contributed by atoms with Gasteiger partial charge in [0.2, 0.25) is 0 Å². The third-order valence-electron chi connectivity index (χ3n) is 6.25. The van der Waals surface area contributed by atoms with Crippen LogP contribution < -0.4 is 10.9 Å². The molecule has 0 atom stereocenters. The van der Waals surface area contributed by atoms with E-state index in [4.69, 9.17) is 0 Å². The minimum Gasteiger partial charge on any atom is -0.352 e. The summed E-state index contributed by atoms with van der Waals surface area (Å²) in [6.07, 6.45) is 8.65. The van der Waals surface area contributed by atoms with Crippen molar-refractivity contribution in [2.75, 3.05) is 25.9 Å². The summed E-state index contributed by atoms with van der Waals surface area (Å²) < 4.78 is 2.16. The Bertz CT molecular complexity index is 910. The minimum atomic E-state index is 0.0301. The third-order valence-corrected chi connectivity index (χ3v) is 7.79. The van der Waals surface area contributed by atoms with Crippen LogP contribution in [-0.4, -0.2) is 46.1 Å². The number of thioether (sulfide) groups is 1. The highest BCUT2D eigenvalue weighted by Gasteiger charge is 2.38. The molecule has 2 heterocycles. The molecule has 160 valence electrons. The molecule has 2 fully saturated rings. The Hall–Kier alpha value is -2.21. The van der Waals surface area contributed by atoms with Crippen molar-refractivity contribution in [3.63, 3.8) is 0 Å². The van der Waals surface area contributed by atoms with Crippen molar-refractivity contribution in [1.29, 1.82) is 0 Å². The Morgan fingerprint density at radius 1 is 1.10 bits per heavy atom. The van der Waals surface area contributed by atoms with Gasteiger partial charge in [0.1, 0.15) is 0 Å². The Morgan fingerprint density at radius 3 is 2.60 bits per heavy atom. The second kappa shape index (κ2) is 9.73. The number of aliphatic imine (C=N–C) groups is 1. The normalized spacial score (nSPS) is 19.1. The number of pyridine rings is 1. The summed E-state index contributed by atoms with van der Waals surface area (Å²) in [4.78, 5) is 18.9. The molecule has 1 spiro atoms. The fraction of sp³-hybridized carbons (Fsp3) is 0.500. The first-order chi connectivity index (χ1) is 14.7. The van der Waals surface area contributed by atoms with Crippen molar-refractivity contribution < 1.29 is 0 Å². The van der Waals surface area contributed by atoms with E-state index in [1.807, 2.05) is 19.3 Å². The van der Waals surface area contributed by atoms with Gasteiger partial charge in [-0.3, -0.25) is 9.79 Å². The molecule has 0 amide bonds. The largest absolute Gasteiger partial charge is 0.352 e. The van der Waals surface area contributed by atoms with Crippen LogP contribution in [0.4, 0.5) is 0 Å². The van der Waals surface area contributed by atoms with E-state index in [9.17, 15) is 4.79 Å². The van der Waals surface area contributed by atoms with E-state index in [1.165, 1.54) is 43.4 Å². The van der Waals surface area contributed by atoms with Gasteiger partial charge < -0.3 is 14.8 Å². The van der Waals surface area contributed by atoms with Gasteiger partial charge in [0.05, 0.1) is 6.54 Å². The van der Waals surface area contributed by atoms with Crippen LogP contribution in [0.5, 0.6) is 0 Å². The second-order valence-corrected chi connectivity index (χ2v) is 9.96. The maximum atomic E-state index is 11.9. The molecule has 1 N–H and O–H groups in total. The number of hydrogen-bond donors (Lipinski definition) is 1. The monoisotopic (exact) mass is 424 g/mol. The van der Waals surface area contributed by atoms with Gasteiger partial charge in [0.25, 0.3) is 5.56 Å². The molecule has 6 heteroatoms. The summed E-state index contributed by atoms with van der Waals surface area (Å²) >= 11 is 2.19. The number of nitrogens with one attached hydrogen (secondary N) is 1. The predicted molar refractivity (Wildman–Crippen MR) is 126 cm³/mol. The Kier molecular flexibility index (Phi) is 6.82. The molecule has 4 rings (SSSR count). The van der Waals surface area contributed by atoms with Crippen LogP contribution in [-0.2, 0) is 13.1 Å². The van der Waals surface area contributed by atoms with Gasteiger partial charge in [0.15, 0.2) is 5.96 Å². The van der Waals surface area contributed by atoms with Crippen molar-refractivity contribution in [2.24, 2.45) is 4.99 Å². The number of benzene rings is 1. The number of guanidine groups is 1. The Morgan fingerprint density at radius 2 is 1.87 bits per heavy atom. The van der Waals surface area contributed by atoms with E-state index < -0.39 is 0 Å². The van der Waals surface area contributed by atoms with E-state index in [1.54, 1.807) is 16.7 Å². The van der Waals surface area contributed by atoms with Gasteiger partial charge >= 0.3 is 0 Å². The summed E-state index contributed by atoms with van der Waals surface area (Å²) in [5.41, 5.74) is 2.38. The van der Waals surface area contributed by atoms with E-state index >= 15 is 0 Å². The average molecular weight is 425 g/mol. The molecular formula is C24H32N4OS. The maximum absolute atomic E-state index is 11.9. The number of aromatic nitrogens is 1. The maximum Gasteiger partial charge on any atom is 0.250 e. The van der Waals surface area contributed by atoms with Gasteiger partial charge in [-0.25, -0.2) is 0 Å². The standard InChI is InChI=1S/C24H32N4OS/c1-25-23(28-15-16-30-24(19-28)12-4-2-5-13-24)26-17-20-8-10-21(11-9-20)18-27-14-6-3-7-22(27)29/h3,6-11,14H,2,4-5,12-13,15-19H2,1H3,(H,25,26). The summed E-state index contributed by atoms with van der Waals surface area (Å²) in [6.45, 7) is 3.54. The van der Waals surface area contributed by atoms with E-state index in [0.29, 0.717) is 11.3 Å². The molecule has 2 aliphatic rings. The van der Waals surface area contributed by atoms with E-state index in [-0.39, 0.29) is 5.56 Å². The smallest absolute Gasteiger partial charge is 0.250 e. The van der Waals surface area contributed by atoms with E-state index in [0.717, 1.165) is 31.2 Å². The van der Waals surface area contributed by atoms with Crippen molar-refractivity contribution >= 4 is 17.7 Å². The molecule has 30 heavy (non-hydrogen) atoms. The number of nitrogens with zero attached hydrogens (tertiary/aromatic N) is 3. The number of hydrogen-bond acceptors (Lipinski definition) is 3. The van der Waals surface area contributed by atoms with Crippen LogP contribution in [0.15, 0.2) is 58.4 Å². The first-order valence-electron chi connectivity index (χ1n) is 11.0. The molecule has 0 bridgehead atoms. The van der Waals surface area contributed by atoms with Gasteiger partial charge in [-0.1, -0.05) is 49.6 Å². The summed E-state index contributed by atoms with van der Waals surface area (Å²) in [7, 11) is 1.89. The predicted octanol–water partition coefficient (Wildman–Crippen LogP) is 3.72. The van der Waals surface area contributed by atoms with Crippen LogP contribution >= 0.6 is 11.8 Å². The average Bonchev–Trinajstić information content (AvgIpc) is 2.77. The summed E-state index contributed by atoms with van der Waals surface area (Å²) in [5.74, 6) is 2.20. The fourth-order valence-electron chi connectivity index (χ4n) is 4.59. The highest BCUT2D eigenvalue weighted by Crippen LogP contribution is 2.42. The van der Waals surface area contributed by atoms with Crippen LogP contribution in [0.1, 0.15) is 43.2 Å². The Balaban J connectivity index is 1.34. The molecule has 1 saturated carbocycles. The quantitative estimate of drug-likeness (QED) is 0.600. The lowest BCUT2D eigenvalue weighted by atomic mass is 9.87. The topological polar surface area (TPSA) is 49.6 Å². The molecule has 1 saturated heterocycles. The molecule has 5 nitrogen and oxygen atoms in total. The molecule has 1 aliphatic heterocycles. The van der Waals surface area contributed by atoms with Gasteiger partial charge in [-0.05, 0) is 30.0 Å². The van der Waals surface area contributed by atoms with Gasteiger partial charge in [-0.15, -0.1) is 0 Å². The summed E-state index contributed by atoms with van der Waals surface area (Å²) in [6, 6.07) is 13.7. The lowest BCUT2D eigenvalue weighted by Crippen LogP contribution is -2.53. The summed E-state index contributed by atoms with van der Waals surface area (Å²) in [5, 5.41) is 3.57. The van der Waals surface area contributed by atoms with Gasteiger partial charge in [-0.2, -0.15) is 11.8 Å². The molecule has 2 aromatic rings. The first kappa shape index (κ1) is 21.0. The van der Waals surface area contributed by atoms with Crippen molar-refractivity contribution in [3.8, 4) is 0 Å². The zero-order valence-corrected chi connectivity index (χ0v) is 18.7. The Labute approximate surface area is 183 Å². The molecule has 0 radical (unpaired) electrons. The fourth-order valence-corrected chi connectivity index (χ4v) is 6.16. The SMILES string of the molecule is CN=C(NCc1ccc(Cn2ccccc2=O)cc1)N1CCSC2(CCCCC2)C1. The van der Waals surface area contributed by atoms with Crippen LogP contribution in [0, 0.1) is 0 Å². The van der Waals surface area contributed by atoms with Crippen LogP contribution in [0.2, 0.25) is 0 Å². The third kappa shape index (κ3) is 5.09. The molecule has 1 aromatic heterocycles. The lowest BCUT2D eigenvalue weighted by molar-refractivity contribution is 0.293. The first-order valence-corrected chi connectivity index (χ1v) is 12.0. The van der Waals surface area contributed by atoms with Crippen LogP contribution in [0.3, 0.4) is 0 Å². The van der Waals surface area contributed by atoms with Crippen molar-refractivity contribution in [1.82, 2.24) is 14.8 Å². The zero-order valence-electron chi connectivity index (χ0n) is 17.8. The second-order valence-electron chi connectivity index (χ2n) is 8.40.